The second kappa shape index (κ2) is 7.82. The van der Waals surface area contributed by atoms with Gasteiger partial charge in [0.25, 0.3) is 11.8 Å². The summed E-state index contributed by atoms with van der Waals surface area (Å²) < 4.78 is 25.7. The molecule has 0 saturated carbocycles. The number of fused-ring (bicyclic) bond motifs is 2. The maximum absolute atomic E-state index is 12.8. The van der Waals surface area contributed by atoms with Gasteiger partial charge in [-0.05, 0) is 36.4 Å². The topological polar surface area (TPSA) is 118 Å². The molecule has 5 rings (SSSR count). The molecule has 0 aliphatic carbocycles. The van der Waals surface area contributed by atoms with Crippen LogP contribution in [-0.2, 0) is 26.1 Å². The number of benzene rings is 2. The average Bonchev–Trinajstić information content (AvgIpc) is 3.34. The van der Waals surface area contributed by atoms with Crippen LogP contribution in [0.25, 0.3) is 5.69 Å². The molecule has 0 atom stereocenters. The Morgan fingerprint density at radius 3 is 2.27 bits per heavy atom. The summed E-state index contributed by atoms with van der Waals surface area (Å²) in [4.78, 5) is 38.8. The fraction of sp³-hybridized carbons (Fsp3) is 0.182. The predicted molar refractivity (Wildman–Crippen MR) is 120 cm³/mol. The van der Waals surface area contributed by atoms with Crippen molar-refractivity contribution >= 4 is 45.0 Å². The van der Waals surface area contributed by atoms with E-state index in [0.29, 0.717) is 33.1 Å². The van der Waals surface area contributed by atoms with Gasteiger partial charge >= 0.3 is 0 Å². The minimum Gasteiger partial charge on any atom is -0.310 e. The van der Waals surface area contributed by atoms with Crippen LogP contribution in [0.4, 0.5) is 5.82 Å². The normalized spacial score (nSPS) is 16.1. The summed E-state index contributed by atoms with van der Waals surface area (Å²) in [5, 5.41) is 7.64. The highest BCUT2D eigenvalue weighted by atomic mass is 35.5. The summed E-state index contributed by atoms with van der Waals surface area (Å²) >= 11 is 5.96. The van der Waals surface area contributed by atoms with Gasteiger partial charge in [0.1, 0.15) is 5.82 Å². The summed E-state index contributed by atoms with van der Waals surface area (Å²) in [6.07, 6.45) is -0.154. The zero-order valence-corrected chi connectivity index (χ0v) is 18.7. The van der Waals surface area contributed by atoms with Gasteiger partial charge in [-0.1, -0.05) is 23.7 Å². The van der Waals surface area contributed by atoms with Crippen LogP contribution in [-0.4, -0.2) is 47.4 Å². The van der Waals surface area contributed by atoms with Crippen LogP contribution in [0.5, 0.6) is 0 Å². The fourth-order valence-electron chi connectivity index (χ4n) is 3.99. The summed E-state index contributed by atoms with van der Waals surface area (Å²) in [6.45, 7) is -0.103. The Kier molecular flexibility index (Phi) is 5.06. The Labute approximate surface area is 193 Å². The molecule has 11 heteroatoms. The summed E-state index contributed by atoms with van der Waals surface area (Å²) in [5.41, 5.74) is 2.03. The summed E-state index contributed by atoms with van der Waals surface area (Å²) in [5.74, 6) is -1.55. The fourth-order valence-corrected chi connectivity index (χ4v) is 5.61. The number of halogens is 1. The number of amides is 3. The molecule has 9 nitrogen and oxygen atoms in total. The van der Waals surface area contributed by atoms with Gasteiger partial charge in [0, 0.05) is 23.6 Å². The Morgan fingerprint density at radius 1 is 1.00 bits per heavy atom. The standard InChI is InChI=1S/C22H17ClN4O5S/c23-13-5-7-14(8-6-13)27-20(17-11-33(31,32)12-18(17)25-27)24-19(28)9-10-26-21(29)15-3-1-2-4-16(15)22(26)30/h1-8H,9-12H2,(H,24,28). The number of rotatable bonds is 5. The van der Waals surface area contributed by atoms with Gasteiger partial charge in [-0.2, -0.15) is 5.10 Å². The number of aromatic nitrogens is 2. The lowest BCUT2D eigenvalue weighted by atomic mass is 10.1. The minimum absolute atomic E-state index is 0.103. The lowest BCUT2D eigenvalue weighted by molar-refractivity contribution is -0.116. The molecule has 0 fully saturated rings. The van der Waals surface area contributed by atoms with Crippen LogP contribution >= 0.6 is 11.6 Å². The Balaban J connectivity index is 1.37. The third-order valence-electron chi connectivity index (χ3n) is 5.56. The van der Waals surface area contributed by atoms with E-state index in [1.165, 1.54) is 4.68 Å². The first-order valence-corrected chi connectivity index (χ1v) is 12.3. The van der Waals surface area contributed by atoms with Crippen molar-refractivity contribution in [3.05, 3.63) is 75.9 Å². The highest BCUT2D eigenvalue weighted by molar-refractivity contribution is 7.90. The molecule has 0 bridgehead atoms. The lowest BCUT2D eigenvalue weighted by Crippen LogP contribution is -2.33. The molecule has 168 valence electrons. The Hall–Kier alpha value is -3.50. The van der Waals surface area contributed by atoms with Gasteiger partial charge in [0.2, 0.25) is 5.91 Å². The third kappa shape index (κ3) is 3.81. The predicted octanol–water partition coefficient (Wildman–Crippen LogP) is 2.58. The molecule has 0 spiro atoms. The van der Waals surface area contributed by atoms with E-state index in [0.717, 1.165) is 4.90 Å². The number of hydrogen-bond donors (Lipinski definition) is 1. The third-order valence-corrected chi connectivity index (χ3v) is 7.25. The molecule has 3 amide bonds. The second-order valence-corrected chi connectivity index (χ2v) is 10.3. The molecule has 0 radical (unpaired) electrons. The number of carbonyl (C=O) groups excluding carboxylic acids is 3. The van der Waals surface area contributed by atoms with Crippen molar-refractivity contribution in [2.45, 2.75) is 17.9 Å². The second-order valence-electron chi connectivity index (χ2n) is 7.80. The molecule has 2 aliphatic rings. The molecule has 0 unspecified atom stereocenters. The molecular formula is C22H17ClN4O5S. The zero-order valence-electron chi connectivity index (χ0n) is 17.1. The number of imide groups is 1. The summed E-state index contributed by atoms with van der Waals surface area (Å²) in [7, 11) is -3.34. The number of sulfone groups is 1. The highest BCUT2D eigenvalue weighted by Gasteiger charge is 2.36. The molecule has 2 aliphatic heterocycles. The molecule has 3 aromatic rings. The van der Waals surface area contributed by atoms with Crippen molar-refractivity contribution in [2.75, 3.05) is 11.9 Å². The smallest absolute Gasteiger partial charge is 0.261 e. The first kappa shape index (κ1) is 21.4. The number of nitrogens with one attached hydrogen (secondary N) is 1. The van der Waals surface area contributed by atoms with Crippen LogP contribution in [0.3, 0.4) is 0 Å². The van der Waals surface area contributed by atoms with Crippen LogP contribution < -0.4 is 5.32 Å². The van der Waals surface area contributed by atoms with Crippen molar-refractivity contribution in [3.8, 4) is 5.69 Å². The van der Waals surface area contributed by atoms with E-state index in [-0.39, 0.29) is 30.3 Å². The van der Waals surface area contributed by atoms with Crippen molar-refractivity contribution in [1.82, 2.24) is 14.7 Å². The SMILES string of the molecule is O=C(CCN1C(=O)c2ccccc2C1=O)Nc1c2c(nn1-c1ccc(Cl)cc1)CS(=O)(=O)C2. The van der Waals surface area contributed by atoms with E-state index in [4.69, 9.17) is 11.6 Å². The Bertz CT molecular complexity index is 1390. The largest absolute Gasteiger partial charge is 0.310 e. The molecular weight excluding hydrogens is 468 g/mol. The minimum atomic E-state index is -3.34. The molecule has 33 heavy (non-hydrogen) atoms. The highest BCUT2D eigenvalue weighted by Crippen LogP contribution is 2.33. The van der Waals surface area contributed by atoms with Crippen molar-refractivity contribution < 1.29 is 22.8 Å². The number of anilines is 1. The monoisotopic (exact) mass is 484 g/mol. The van der Waals surface area contributed by atoms with Crippen LogP contribution in [0.1, 0.15) is 38.4 Å². The average molecular weight is 485 g/mol. The molecule has 2 aromatic carbocycles. The number of hydrogen-bond acceptors (Lipinski definition) is 6. The summed E-state index contributed by atoms with van der Waals surface area (Å²) in [6, 6.07) is 13.2. The van der Waals surface area contributed by atoms with E-state index >= 15 is 0 Å². The van der Waals surface area contributed by atoms with Gasteiger partial charge in [-0.25, -0.2) is 13.1 Å². The Morgan fingerprint density at radius 2 is 1.64 bits per heavy atom. The van der Waals surface area contributed by atoms with E-state index in [2.05, 4.69) is 10.4 Å². The number of nitrogens with zero attached hydrogens (tertiary/aromatic N) is 3. The van der Waals surface area contributed by atoms with Gasteiger partial charge < -0.3 is 5.32 Å². The van der Waals surface area contributed by atoms with Crippen LogP contribution in [0.2, 0.25) is 5.02 Å². The van der Waals surface area contributed by atoms with Crippen molar-refractivity contribution in [1.29, 1.82) is 0 Å². The zero-order chi connectivity index (χ0) is 23.3. The molecule has 0 saturated heterocycles. The maximum atomic E-state index is 12.8. The van der Waals surface area contributed by atoms with Gasteiger partial charge in [-0.3, -0.25) is 19.3 Å². The van der Waals surface area contributed by atoms with E-state index in [9.17, 15) is 22.8 Å². The molecule has 1 aromatic heterocycles. The molecule has 1 N–H and O–H groups in total. The lowest BCUT2D eigenvalue weighted by Gasteiger charge is -2.15. The maximum Gasteiger partial charge on any atom is 0.261 e. The number of carbonyl (C=O) groups is 3. The van der Waals surface area contributed by atoms with Gasteiger partial charge in [-0.15, -0.1) is 0 Å². The van der Waals surface area contributed by atoms with E-state index in [1.54, 1.807) is 48.5 Å². The quantitative estimate of drug-likeness (QED) is 0.556. The van der Waals surface area contributed by atoms with Gasteiger partial charge in [0.15, 0.2) is 9.84 Å². The van der Waals surface area contributed by atoms with Crippen LogP contribution in [0, 0.1) is 0 Å². The van der Waals surface area contributed by atoms with E-state index in [1.807, 2.05) is 0 Å². The van der Waals surface area contributed by atoms with Gasteiger partial charge in [0.05, 0.1) is 34.0 Å². The van der Waals surface area contributed by atoms with Crippen LogP contribution in [0.15, 0.2) is 48.5 Å². The van der Waals surface area contributed by atoms with Crippen molar-refractivity contribution in [3.63, 3.8) is 0 Å². The first-order chi connectivity index (χ1) is 15.7. The molecule has 3 heterocycles. The van der Waals surface area contributed by atoms with E-state index < -0.39 is 27.6 Å². The van der Waals surface area contributed by atoms with Crippen molar-refractivity contribution in [2.24, 2.45) is 0 Å². The first-order valence-electron chi connectivity index (χ1n) is 10.1.